The van der Waals surface area contributed by atoms with Gasteiger partial charge in [-0.05, 0) is 59.8 Å². The van der Waals surface area contributed by atoms with E-state index in [-0.39, 0.29) is 48.9 Å². The molecule has 42 heavy (non-hydrogen) atoms. The van der Waals surface area contributed by atoms with Crippen molar-refractivity contribution in [2.75, 3.05) is 0 Å². The number of hydrogen-bond donors (Lipinski definition) is 1. The Morgan fingerprint density at radius 1 is 0.905 bits per heavy atom. The van der Waals surface area contributed by atoms with E-state index < -0.39 is 0 Å². The summed E-state index contributed by atoms with van der Waals surface area (Å²) >= 11 is 0. The fourth-order valence-electron chi connectivity index (χ4n) is 6.22. The van der Waals surface area contributed by atoms with Crippen molar-refractivity contribution < 1.29 is 34.4 Å². The van der Waals surface area contributed by atoms with E-state index in [1.165, 1.54) is 28.0 Å². The summed E-state index contributed by atoms with van der Waals surface area (Å²) in [5.74, 6) is 0.547. The van der Waals surface area contributed by atoms with Gasteiger partial charge in [-0.15, -0.1) is 17.7 Å². The first-order valence-electron chi connectivity index (χ1n) is 15.0. The Balaban J connectivity index is 0.000000221. The summed E-state index contributed by atoms with van der Waals surface area (Å²) in [6.07, 6.45) is 4.91. The molecule has 0 amide bonds. The van der Waals surface area contributed by atoms with Gasteiger partial charge in [0.25, 0.3) is 0 Å². The van der Waals surface area contributed by atoms with Crippen LogP contribution in [0.25, 0.3) is 44.1 Å². The third kappa shape index (κ3) is 5.57. The molecule has 3 aromatic carbocycles. The van der Waals surface area contributed by atoms with Crippen molar-refractivity contribution in [3.8, 4) is 11.3 Å². The maximum Gasteiger partial charge on any atom is 0.162 e. The average Bonchev–Trinajstić information content (AvgIpc) is 3.33. The SMILES string of the molecule is CC1(C)c2cc3ccccc3nc2-c2[c-]ccc3oc4cccc1c4c23.CCC(CC)C(=O)/C=C(\O)C(CC)CC.[Ir]. The van der Waals surface area contributed by atoms with Crippen LogP contribution in [0.5, 0.6) is 0 Å². The number of aliphatic hydroxyl groups excluding tert-OH is 1. The molecule has 0 bridgehead atoms. The van der Waals surface area contributed by atoms with Crippen molar-refractivity contribution >= 4 is 38.6 Å². The monoisotopic (exact) mass is 739 g/mol. The molecule has 0 fully saturated rings. The fraction of sp³-hybridized carbons (Fsp3) is 0.351. The summed E-state index contributed by atoms with van der Waals surface area (Å²) in [4.78, 5) is 16.8. The maximum atomic E-state index is 11.7. The normalized spacial score (nSPS) is 13.7. The number of carbonyl (C=O) groups is 1. The molecular weight excluding hydrogens is 699 g/mol. The molecule has 1 radical (unpaired) electrons. The molecular formula is C37H40IrNO3-. The van der Waals surface area contributed by atoms with E-state index in [1.54, 1.807) is 0 Å². The number of ketones is 1. The minimum Gasteiger partial charge on any atom is -0.512 e. The largest absolute Gasteiger partial charge is 0.512 e. The van der Waals surface area contributed by atoms with Crippen molar-refractivity contribution in [1.29, 1.82) is 0 Å². The molecule has 1 aliphatic rings. The zero-order valence-corrected chi connectivity index (χ0v) is 27.8. The van der Waals surface area contributed by atoms with Crippen LogP contribution in [0.3, 0.4) is 0 Å². The maximum absolute atomic E-state index is 11.7. The van der Waals surface area contributed by atoms with Crippen LogP contribution in [0, 0.1) is 17.9 Å². The molecule has 4 nitrogen and oxygen atoms in total. The van der Waals surface area contributed by atoms with Crippen LogP contribution in [0.1, 0.15) is 78.4 Å². The van der Waals surface area contributed by atoms with E-state index >= 15 is 0 Å². The second-order valence-corrected chi connectivity index (χ2v) is 11.6. The van der Waals surface area contributed by atoms with Gasteiger partial charge in [0.15, 0.2) is 5.78 Å². The van der Waals surface area contributed by atoms with Crippen LogP contribution in [-0.4, -0.2) is 15.9 Å². The van der Waals surface area contributed by atoms with E-state index in [0.717, 1.165) is 59.0 Å². The first-order valence-corrected chi connectivity index (χ1v) is 15.0. The van der Waals surface area contributed by atoms with Crippen LogP contribution in [0.15, 0.2) is 76.9 Å². The molecule has 0 saturated heterocycles. The molecule has 5 heteroatoms. The van der Waals surface area contributed by atoms with Gasteiger partial charge in [-0.1, -0.05) is 95.0 Å². The number of aliphatic hydroxyl groups is 1. The Hall–Kier alpha value is -3.27. The summed E-state index contributed by atoms with van der Waals surface area (Å²) in [7, 11) is 0. The van der Waals surface area contributed by atoms with E-state index in [9.17, 15) is 9.90 Å². The molecule has 1 aliphatic carbocycles. The Labute approximate surface area is 262 Å². The van der Waals surface area contributed by atoms with Gasteiger partial charge in [0, 0.05) is 43.4 Å². The van der Waals surface area contributed by atoms with Crippen LogP contribution < -0.4 is 0 Å². The van der Waals surface area contributed by atoms with Crippen LogP contribution in [0.2, 0.25) is 0 Å². The number of furan rings is 1. The number of aromatic nitrogens is 1. The molecule has 5 aromatic rings. The van der Waals surface area contributed by atoms with Crippen molar-refractivity contribution in [1.82, 2.24) is 4.98 Å². The van der Waals surface area contributed by atoms with Gasteiger partial charge in [-0.3, -0.25) is 9.78 Å². The zero-order chi connectivity index (χ0) is 29.3. The number of nitrogens with zero attached hydrogens (tertiary/aromatic N) is 1. The Kier molecular flexibility index (Phi) is 9.75. The zero-order valence-electron chi connectivity index (χ0n) is 25.4. The molecule has 0 aliphatic heterocycles. The molecule has 1 N–H and O–H groups in total. The number of rotatable bonds is 7. The molecule has 0 unspecified atom stereocenters. The Morgan fingerprint density at radius 2 is 1.57 bits per heavy atom. The van der Waals surface area contributed by atoms with Gasteiger partial charge in [0.05, 0.1) is 16.9 Å². The second kappa shape index (κ2) is 12.9. The average molecular weight is 739 g/mol. The summed E-state index contributed by atoms with van der Waals surface area (Å²) in [6.45, 7) is 12.6. The van der Waals surface area contributed by atoms with E-state index in [2.05, 4.69) is 62.4 Å². The topological polar surface area (TPSA) is 63.3 Å². The number of benzene rings is 3. The fourth-order valence-corrected chi connectivity index (χ4v) is 6.22. The summed E-state index contributed by atoms with van der Waals surface area (Å²) in [5.41, 5.74) is 7.24. The first kappa shape index (κ1) is 31.7. The smallest absolute Gasteiger partial charge is 0.162 e. The van der Waals surface area contributed by atoms with Crippen LogP contribution in [-0.2, 0) is 30.3 Å². The summed E-state index contributed by atoms with van der Waals surface area (Å²) in [6, 6.07) is 24.4. The van der Waals surface area contributed by atoms with Crippen molar-refractivity contribution in [2.45, 2.75) is 72.6 Å². The van der Waals surface area contributed by atoms with Crippen molar-refractivity contribution in [3.63, 3.8) is 0 Å². The second-order valence-electron chi connectivity index (χ2n) is 11.6. The number of fused-ring (bicyclic) bond motifs is 3. The van der Waals surface area contributed by atoms with Gasteiger partial charge >= 0.3 is 0 Å². The molecule has 2 aromatic heterocycles. The van der Waals surface area contributed by atoms with E-state index in [0.29, 0.717) is 0 Å². The Bertz CT molecular complexity index is 1760. The quantitative estimate of drug-likeness (QED) is 0.103. The molecule has 6 rings (SSSR count). The van der Waals surface area contributed by atoms with Gasteiger partial charge in [0.1, 0.15) is 5.58 Å². The van der Waals surface area contributed by atoms with E-state index in [1.807, 2.05) is 45.9 Å². The third-order valence-electron chi connectivity index (χ3n) is 8.84. The van der Waals surface area contributed by atoms with Gasteiger partial charge in [-0.25, -0.2) is 0 Å². The van der Waals surface area contributed by atoms with Crippen LogP contribution in [0.4, 0.5) is 0 Å². The first-order chi connectivity index (χ1) is 19.7. The van der Waals surface area contributed by atoms with Crippen molar-refractivity contribution in [3.05, 3.63) is 89.7 Å². The summed E-state index contributed by atoms with van der Waals surface area (Å²) in [5, 5.41) is 13.3. The molecule has 0 atom stereocenters. The number of para-hydroxylation sites is 1. The Morgan fingerprint density at radius 3 is 2.26 bits per heavy atom. The van der Waals surface area contributed by atoms with Gasteiger partial charge in [-0.2, -0.15) is 0 Å². The standard InChI is InChI=1S/C24H16NO.C13H24O2.Ir/c1-24(2)16-9-6-12-20-22(16)21-15(8-5-11-19(21)26-20)23-17(24)13-14-7-3-4-10-18(14)25-23;1-5-10(6-2)12(14)9-13(15)11(7-3)8-4;/h3-7,9-13H,1-2H3;9-11,14H,5-8H2,1-4H3;/q-1;;/b;12-9-;. The number of allylic oxidation sites excluding steroid dienone is 2. The minimum absolute atomic E-state index is 0. The third-order valence-corrected chi connectivity index (χ3v) is 8.84. The number of carbonyl (C=O) groups excluding carboxylic acids is 1. The predicted molar refractivity (Wildman–Crippen MR) is 169 cm³/mol. The minimum atomic E-state index is -0.185. The predicted octanol–water partition coefficient (Wildman–Crippen LogP) is 10.1. The number of hydrogen-bond acceptors (Lipinski definition) is 4. The molecule has 0 saturated carbocycles. The van der Waals surface area contributed by atoms with E-state index in [4.69, 9.17) is 9.40 Å². The van der Waals surface area contributed by atoms with Gasteiger partial charge < -0.3 is 9.52 Å². The molecule has 0 spiro atoms. The summed E-state index contributed by atoms with van der Waals surface area (Å²) < 4.78 is 6.16. The van der Waals surface area contributed by atoms with Gasteiger partial charge in [0.2, 0.25) is 0 Å². The molecule has 2 heterocycles. The molecule has 221 valence electrons. The van der Waals surface area contributed by atoms with Crippen LogP contribution >= 0.6 is 0 Å². The van der Waals surface area contributed by atoms with Crippen molar-refractivity contribution in [2.24, 2.45) is 11.8 Å². The number of pyridine rings is 1.